The third-order valence-corrected chi connectivity index (χ3v) is 5.44. The van der Waals surface area contributed by atoms with Crippen molar-refractivity contribution in [3.63, 3.8) is 0 Å². The Balaban J connectivity index is 1.68. The lowest BCUT2D eigenvalue weighted by atomic mass is 10.2. The Morgan fingerprint density at radius 3 is 2.29 bits per heavy atom. The maximum Gasteiger partial charge on any atom is 0.416 e. The highest BCUT2D eigenvalue weighted by molar-refractivity contribution is 6.05. The molecule has 0 spiro atoms. The van der Waals surface area contributed by atoms with Crippen LogP contribution in [-0.2, 0) is 25.3 Å². The summed E-state index contributed by atoms with van der Waals surface area (Å²) in [5.41, 5.74) is 2.98. The van der Waals surface area contributed by atoms with Crippen LogP contribution in [0.3, 0.4) is 0 Å². The fraction of sp³-hybridized carbons (Fsp3) is 0.333. The molecule has 2 amide bonds. The SMILES string of the molecule is CCOC(=O)[C@H]1[C@H](C(=O)Nc2cccc(C(F)(F)F)c2)[C@@H]1C(=O)N/N=C\c1ccc(N(C)C)cc1. The first kappa shape index (κ1) is 25.7. The summed E-state index contributed by atoms with van der Waals surface area (Å²) in [4.78, 5) is 39.6. The van der Waals surface area contributed by atoms with Crippen LogP contribution < -0.4 is 15.6 Å². The molecular weight excluding hydrogens is 465 g/mol. The Labute approximate surface area is 200 Å². The zero-order chi connectivity index (χ0) is 25.8. The molecule has 8 nitrogen and oxygen atoms in total. The monoisotopic (exact) mass is 490 g/mol. The maximum atomic E-state index is 13.0. The average Bonchev–Trinajstić information content (AvgIpc) is 3.55. The lowest BCUT2D eigenvalue weighted by Crippen LogP contribution is -2.24. The number of nitrogens with zero attached hydrogens (tertiary/aromatic N) is 2. The van der Waals surface area contributed by atoms with E-state index in [1.165, 1.54) is 12.3 Å². The van der Waals surface area contributed by atoms with Crippen LogP contribution >= 0.6 is 0 Å². The first-order valence-electron chi connectivity index (χ1n) is 10.8. The van der Waals surface area contributed by atoms with E-state index >= 15 is 0 Å². The molecule has 0 aliphatic heterocycles. The summed E-state index contributed by atoms with van der Waals surface area (Å²) in [5, 5.41) is 6.24. The standard InChI is InChI=1S/C24H25F3N4O4/c1-4-35-23(34)20-18(21(32)29-16-7-5-6-15(12-16)24(25,26)27)19(20)22(33)30-28-13-14-8-10-17(11-9-14)31(2)3/h5-13,18-20H,4H2,1-3H3,(H,29,32)(H,30,33)/b28-13-/t18-,19+,20+/m1/s1. The van der Waals surface area contributed by atoms with Crippen LogP contribution in [0.15, 0.2) is 53.6 Å². The van der Waals surface area contributed by atoms with Gasteiger partial charge in [-0.3, -0.25) is 14.4 Å². The highest BCUT2D eigenvalue weighted by atomic mass is 19.4. The Morgan fingerprint density at radius 1 is 1.03 bits per heavy atom. The summed E-state index contributed by atoms with van der Waals surface area (Å²) in [7, 11) is 3.80. The van der Waals surface area contributed by atoms with Gasteiger partial charge in [-0.25, -0.2) is 5.43 Å². The summed E-state index contributed by atoms with van der Waals surface area (Å²) in [6.07, 6.45) is -3.17. The van der Waals surface area contributed by atoms with Crippen LogP contribution in [0.1, 0.15) is 18.1 Å². The number of hydrazone groups is 1. The third-order valence-electron chi connectivity index (χ3n) is 5.44. The number of carbonyl (C=O) groups excluding carboxylic acids is 3. The van der Waals surface area contributed by atoms with Crippen molar-refractivity contribution in [2.75, 3.05) is 30.9 Å². The molecule has 0 aromatic heterocycles. The van der Waals surface area contributed by atoms with Gasteiger partial charge in [0.15, 0.2) is 0 Å². The van der Waals surface area contributed by atoms with Crippen molar-refractivity contribution in [2.45, 2.75) is 13.1 Å². The minimum Gasteiger partial charge on any atom is -0.466 e. The molecular formula is C24H25F3N4O4. The molecule has 0 heterocycles. The van der Waals surface area contributed by atoms with E-state index in [2.05, 4.69) is 15.8 Å². The highest BCUT2D eigenvalue weighted by Crippen LogP contribution is 2.48. The minimum atomic E-state index is -4.58. The number of alkyl halides is 3. The van der Waals surface area contributed by atoms with Crippen LogP contribution in [0.25, 0.3) is 0 Å². The molecule has 0 radical (unpaired) electrons. The van der Waals surface area contributed by atoms with Gasteiger partial charge >= 0.3 is 12.1 Å². The summed E-state index contributed by atoms with van der Waals surface area (Å²) in [6.45, 7) is 1.63. The molecule has 3 atom stereocenters. The summed E-state index contributed by atoms with van der Waals surface area (Å²) < 4.78 is 43.8. The molecule has 186 valence electrons. The second-order valence-electron chi connectivity index (χ2n) is 8.12. The van der Waals surface area contributed by atoms with E-state index < -0.39 is 47.3 Å². The Morgan fingerprint density at radius 2 is 1.69 bits per heavy atom. The number of esters is 1. The number of benzene rings is 2. The first-order valence-corrected chi connectivity index (χ1v) is 10.8. The van der Waals surface area contributed by atoms with E-state index in [0.29, 0.717) is 5.56 Å². The van der Waals surface area contributed by atoms with Gasteiger partial charge in [-0.1, -0.05) is 18.2 Å². The van der Waals surface area contributed by atoms with E-state index in [4.69, 9.17) is 4.74 Å². The fourth-order valence-corrected chi connectivity index (χ4v) is 3.60. The number of hydrogen-bond acceptors (Lipinski definition) is 6. The van der Waals surface area contributed by atoms with Gasteiger partial charge in [-0.05, 0) is 42.8 Å². The number of nitrogens with one attached hydrogen (secondary N) is 2. The van der Waals surface area contributed by atoms with Crippen LogP contribution in [0.4, 0.5) is 24.5 Å². The van der Waals surface area contributed by atoms with Crippen molar-refractivity contribution in [2.24, 2.45) is 22.9 Å². The van der Waals surface area contributed by atoms with E-state index in [-0.39, 0.29) is 12.3 Å². The molecule has 3 rings (SSSR count). The number of ether oxygens (including phenoxy) is 1. The minimum absolute atomic E-state index is 0.0483. The Hall–Kier alpha value is -3.89. The van der Waals surface area contributed by atoms with Crippen molar-refractivity contribution in [3.8, 4) is 0 Å². The van der Waals surface area contributed by atoms with Gasteiger partial charge in [0, 0.05) is 25.5 Å². The topological polar surface area (TPSA) is 100 Å². The zero-order valence-electron chi connectivity index (χ0n) is 19.3. The predicted octanol–water partition coefficient (Wildman–Crippen LogP) is 3.29. The molecule has 35 heavy (non-hydrogen) atoms. The lowest BCUT2D eigenvalue weighted by Gasteiger charge is -2.11. The Bertz CT molecular complexity index is 1120. The second kappa shape index (κ2) is 10.6. The van der Waals surface area contributed by atoms with Gasteiger partial charge in [0.05, 0.1) is 36.1 Å². The molecule has 2 N–H and O–H groups in total. The number of hydrogen-bond donors (Lipinski definition) is 2. The number of halogens is 3. The highest BCUT2D eigenvalue weighted by Gasteiger charge is 2.63. The van der Waals surface area contributed by atoms with E-state index in [1.807, 2.05) is 31.1 Å². The molecule has 0 unspecified atom stereocenters. The van der Waals surface area contributed by atoms with Crippen LogP contribution in [0.2, 0.25) is 0 Å². The summed E-state index contributed by atoms with van der Waals surface area (Å²) >= 11 is 0. The van der Waals surface area contributed by atoms with Gasteiger partial charge in [-0.15, -0.1) is 0 Å². The van der Waals surface area contributed by atoms with Gasteiger partial charge in [0.25, 0.3) is 0 Å². The molecule has 1 saturated carbocycles. The molecule has 2 aromatic rings. The molecule has 0 saturated heterocycles. The third kappa shape index (κ3) is 6.37. The van der Waals surface area contributed by atoms with Crippen molar-refractivity contribution >= 4 is 35.4 Å². The second-order valence-corrected chi connectivity index (χ2v) is 8.12. The van der Waals surface area contributed by atoms with Gasteiger partial charge < -0.3 is 15.0 Å². The molecule has 1 aliphatic rings. The quantitative estimate of drug-likeness (QED) is 0.336. The zero-order valence-corrected chi connectivity index (χ0v) is 19.3. The first-order chi connectivity index (χ1) is 16.5. The van der Waals surface area contributed by atoms with Gasteiger partial charge in [-0.2, -0.15) is 18.3 Å². The van der Waals surface area contributed by atoms with Gasteiger partial charge in [0.2, 0.25) is 11.8 Å². The number of amides is 2. The van der Waals surface area contributed by atoms with Crippen LogP contribution in [0.5, 0.6) is 0 Å². The summed E-state index contributed by atoms with van der Waals surface area (Å²) in [6, 6.07) is 11.4. The van der Waals surface area contributed by atoms with Crippen LogP contribution in [0, 0.1) is 17.8 Å². The van der Waals surface area contributed by atoms with Crippen molar-refractivity contribution < 1.29 is 32.3 Å². The van der Waals surface area contributed by atoms with E-state index in [9.17, 15) is 27.6 Å². The smallest absolute Gasteiger partial charge is 0.416 e. The number of carbonyl (C=O) groups is 3. The molecule has 11 heteroatoms. The predicted molar refractivity (Wildman–Crippen MR) is 124 cm³/mol. The molecule has 2 aromatic carbocycles. The van der Waals surface area contributed by atoms with E-state index in [0.717, 1.165) is 23.9 Å². The van der Waals surface area contributed by atoms with Crippen molar-refractivity contribution in [1.29, 1.82) is 0 Å². The van der Waals surface area contributed by atoms with E-state index in [1.54, 1.807) is 19.1 Å². The van der Waals surface area contributed by atoms with Crippen molar-refractivity contribution in [3.05, 3.63) is 59.7 Å². The van der Waals surface area contributed by atoms with Crippen molar-refractivity contribution in [1.82, 2.24) is 5.43 Å². The largest absolute Gasteiger partial charge is 0.466 e. The average molecular weight is 490 g/mol. The summed E-state index contributed by atoms with van der Waals surface area (Å²) in [5.74, 6) is -5.39. The molecule has 1 aliphatic carbocycles. The normalized spacial score (nSPS) is 19.2. The molecule has 0 bridgehead atoms. The Kier molecular flexibility index (Phi) is 7.78. The number of rotatable bonds is 8. The molecule has 1 fully saturated rings. The maximum absolute atomic E-state index is 13.0. The lowest BCUT2D eigenvalue weighted by molar-refractivity contribution is -0.146. The fourth-order valence-electron chi connectivity index (χ4n) is 3.60. The van der Waals surface area contributed by atoms with Crippen LogP contribution in [-0.4, -0.2) is 44.7 Å². The number of anilines is 2. The van der Waals surface area contributed by atoms with Gasteiger partial charge in [0.1, 0.15) is 0 Å².